The highest BCUT2D eigenvalue weighted by molar-refractivity contribution is 5.66. The van der Waals surface area contributed by atoms with E-state index in [1.54, 1.807) is 6.26 Å². The minimum absolute atomic E-state index is 0.0516. The lowest BCUT2D eigenvalue weighted by atomic mass is 9.43. The first kappa shape index (κ1) is 21.5. The molecule has 6 nitrogen and oxygen atoms in total. The Bertz CT molecular complexity index is 837. The van der Waals surface area contributed by atoms with Gasteiger partial charge in [0.15, 0.2) is 0 Å². The molecule has 1 aromatic rings. The summed E-state index contributed by atoms with van der Waals surface area (Å²) >= 11 is 0. The Hall–Kier alpha value is -1.37. The van der Waals surface area contributed by atoms with Gasteiger partial charge in [-0.15, -0.1) is 0 Å². The summed E-state index contributed by atoms with van der Waals surface area (Å²) in [5, 5.41) is 34.4. The molecule has 0 saturated heterocycles. The van der Waals surface area contributed by atoms with Crippen molar-refractivity contribution in [3.05, 3.63) is 24.2 Å². The summed E-state index contributed by atoms with van der Waals surface area (Å²) in [7, 11) is 0. The minimum Gasteiger partial charge on any atom is -0.466 e. The second-order valence-electron chi connectivity index (χ2n) is 11.2. The number of esters is 1. The summed E-state index contributed by atoms with van der Waals surface area (Å²) in [5.41, 5.74) is -1.54. The fourth-order valence-electron chi connectivity index (χ4n) is 8.50. The quantitative estimate of drug-likeness (QED) is 0.620. The lowest BCUT2D eigenvalue weighted by molar-refractivity contribution is -0.236. The Morgan fingerprint density at radius 2 is 1.81 bits per heavy atom. The molecular weight excluding hydrogens is 396 g/mol. The van der Waals surface area contributed by atoms with E-state index in [0.29, 0.717) is 18.6 Å². The van der Waals surface area contributed by atoms with Crippen LogP contribution in [0.3, 0.4) is 0 Å². The molecule has 4 aliphatic carbocycles. The molecule has 4 fully saturated rings. The van der Waals surface area contributed by atoms with Crippen LogP contribution in [0.15, 0.2) is 22.8 Å². The first-order valence-electron chi connectivity index (χ1n) is 11.9. The normalized spacial score (nSPS) is 51.5. The van der Waals surface area contributed by atoms with Crippen molar-refractivity contribution in [2.75, 3.05) is 0 Å². The molecule has 4 aliphatic rings. The maximum atomic E-state index is 11.8. The zero-order chi connectivity index (χ0) is 22.2. The van der Waals surface area contributed by atoms with Crippen molar-refractivity contribution in [1.82, 2.24) is 0 Å². The van der Waals surface area contributed by atoms with Crippen molar-refractivity contribution in [3.8, 4) is 0 Å². The average molecular weight is 433 g/mol. The second kappa shape index (κ2) is 7.06. The molecule has 6 heteroatoms. The molecular formula is C25H36O6. The number of aliphatic hydroxyl groups excluding tert-OH is 2. The lowest BCUT2D eigenvalue weighted by Crippen LogP contribution is -2.65. The highest BCUT2D eigenvalue weighted by Crippen LogP contribution is 2.70. The molecule has 0 aromatic carbocycles. The van der Waals surface area contributed by atoms with Gasteiger partial charge in [-0.1, -0.05) is 13.8 Å². The Morgan fingerprint density at radius 3 is 2.48 bits per heavy atom. The van der Waals surface area contributed by atoms with Crippen LogP contribution in [-0.4, -0.2) is 39.6 Å². The molecule has 5 rings (SSSR count). The molecule has 4 saturated carbocycles. The predicted molar refractivity (Wildman–Crippen MR) is 113 cm³/mol. The summed E-state index contributed by atoms with van der Waals surface area (Å²) in [6, 6.07) is 3.68. The van der Waals surface area contributed by atoms with Gasteiger partial charge < -0.3 is 24.5 Å². The van der Waals surface area contributed by atoms with Gasteiger partial charge in [-0.25, -0.2) is 0 Å². The number of hydrogen-bond acceptors (Lipinski definition) is 6. The van der Waals surface area contributed by atoms with Crippen LogP contribution in [0.5, 0.6) is 0 Å². The van der Waals surface area contributed by atoms with Crippen LogP contribution in [0.4, 0.5) is 0 Å². The highest BCUT2D eigenvalue weighted by Gasteiger charge is 2.69. The Kier molecular flexibility index (Phi) is 4.89. The van der Waals surface area contributed by atoms with E-state index in [9.17, 15) is 20.1 Å². The second-order valence-corrected chi connectivity index (χ2v) is 11.2. The van der Waals surface area contributed by atoms with Crippen molar-refractivity contribution >= 4 is 5.97 Å². The van der Waals surface area contributed by atoms with E-state index in [4.69, 9.17) is 9.15 Å². The van der Waals surface area contributed by atoms with E-state index in [2.05, 4.69) is 13.8 Å². The zero-order valence-corrected chi connectivity index (χ0v) is 18.8. The van der Waals surface area contributed by atoms with Crippen molar-refractivity contribution in [1.29, 1.82) is 0 Å². The number of hydrogen-bond donors (Lipinski definition) is 3. The maximum absolute atomic E-state index is 11.8. The third-order valence-corrected chi connectivity index (χ3v) is 10.1. The number of carbonyl (C=O) groups excluding carboxylic acids is 1. The average Bonchev–Trinajstić information content (AvgIpc) is 3.35. The largest absolute Gasteiger partial charge is 0.466 e. The smallest absolute Gasteiger partial charge is 0.302 e. The SMILES string of the molecule is CC(=O)O[C@H]1CC[C@@]2(C)[C@H](C1)[C@@H](O)[C@H](O)C1[C@@H]2CC[C@@]2(C)[C@H]1CC[C@@]2(O)c1ccco1. The standard InChI is InChI=1S/C25H36O6/c1-14(26)31-15-6-9-23(2)16-7-10-24(3)17(20(16)22(28)21(27)18(23)13-15)8-11-25(24,29)19-5-4-12-30-19/h4-5,12,15-18,20-22,27-29H,6-11,13H2,1-3H3/t15-,16-,17-,18+,20?,21+,22+,23+,24-,25+/m0/s1. The summed E-state index contributed by atoms with van der Waals surface area (Å²) in [6.07, 6.45) is 5.26. The zero-order valence-electron chi connectivity index (χ0n) is 18.8. The third kappa shape index (κ3) is 2.83. The Morgan fingerprint density at radius 1 is 1.06 bits per heavy atom. The van der Waals surface area contributed by atoms with E-state index in [0.717, 1.165) is 32.1 Å². The number of rotatable bonds is 2. The van der Waals surface area contributed by atoms with Gasteiger partial charge in [0.05, 0.1) is 18.5 Å². The minimum atomic E-state index is -1.04. The number of carbonyl (C=O) groups is 1. The molecule has 1 unspecified atom stereocenters. The molecule has 3 N–H and O–H groups in total. The fourth-order valence-corrected chi connectivity index (χ4v) is 8.50. The van der Waals surface area contributed by atoms with E-state index in [1.165, 1.54) is 6.92 Å². The van der Waals surface area contributed by atoms with Crippen LogP contribution < -0.4 is 0 Å². The Balaban J connectivity index is 1.47. The molecule has 0 bridgehead atoms. The first-order valence-corrected chi connectivity index (χ1v) is 11.9. The molecule has 0 amide bonds. The van der Waals surface area contributed by atoms with Crippen molar-refractivity contribution in [2.24, 2.45) is 34.5 Å². The maximum Gasteiger partial charge on any atom is 0.302 e. The van der Waals surface area contributed by atoms with E-state index in [1.807, 2.05) is 12.1 Å². The Labute approximate surface area is 184 Å². The van der Waals surface area contributed by atoms with Gasteiger partial charge in [0.25, 0.3) is 0 Å². The molecule has 0 spiro atoms. The van der Waals surface area contributed by atoms with Gasteiger partial charge >= 0.3 is 5.97 Å². The van der Waals surface area contributed by atoms with E-state index < -0.39 is 23.2 Å². The summed E-state index contributed by atoms with van der Waals surface area (Å²) in [6.45, 7) is 5.84. The molecule has 1 aromatic heterocycles. The monoisotopic (exact) mass is 432 g/mol. The van der Waals surface area contributed by atoms with E-state index in [-0.39, 0.29) is 41.2 Å². The molecule has 10 atom stereocenters. The van der Waals surface area contributed by atoms with Gasteiger partial charge in [0.2, 0.25) is 0 Å². The van der Waals surface area contributed by atoms with Crippen LogP contribution >= 0.6 is 0 Å². The van der Waals surface area contributed by atoms with Gasteiger partial charge in [-0.3, -0.25) is 4.79 Å². The van der Waals surface area contributed by atoms with Crippen LogP contribution in [0.2, 0.25) is 0 Å². The molecule has 0 aliphatic heterocycles. The van der Waals surface area contributed by atoms with Gasteiger partial charge in [-0.05, 0) is 86.2 Å². The number of fused-ring (bicyclic) bond motifs is 5. The highest BCUT2D eigenvalue weighted by atomic mass is 16.5. The summed E-state index contributed by atoms with van der Waals surface area (Å²) in [5.74, 6) is 0.601. The molecule has 172 valence electrons. The summed E-state index contributed by atoms with van der Waals surface area (Å²) < 4.78 is 11.1. The van der Waals surface area contributed by atoms with Crippen LogP contribution in [-0.2, 0) is 15.1 Å². The molecule has 0 radical (unpaired) electrons. The van der Waals surface area contributed by atoms with Crippen LogP contribution in [0.25, 0.3) is 0 Å². The van der Waals surface area contributed by atoms with Crippen LogP contribution in [0, 0.1) is 34.5 Å². The van der Waals surface area contributed by atoms with Gasteiger partial charge in [-0.2, -0.15) is 0 Å². The third-order valence-electron chi connectivity index (χ3n) is 10.1. The number of furan rings is 1. The van der Waals surface area contributed by atoms with Crippen molar-refractivity contribution in [2.45, 2.75) is 89.6 Å². The lowest BCUT2D eigenvalue weighted by Gasteiger charge is -2.63. The van der Waals surface area contributed by atoms with Gasteiger partial charge in [0.1, 0.15) is 17.5 Å². The molecule has 31 heavy (non-hydrogen) atoms. The molecule has 1 heterocycles. The van der Waals surface area contributed by atoms with Crippen molar-refractivity contribution < 1.29 is 29.3 Å². The predicted octanol–water partition coefficient (Wildman–Crippen LogP) is 3.38. The summed E-state index contributed by atoms with van der Waals surface area (Å²) in [4.78, 5) is 11.5. The van der Waals surface area contributed by atoms with Crippen LogP contribution in [0.1, 0.15) is 71.5 Å². The number of ether oxygens (including phenoxy) is 1. The van der Waals surface area contributed by atoms with Gasteiger partial charge in [0, 0.05) is 12.3 Å². The fraction of sp³-hybridized carbons (Fsp3) is 0.800. The topological polar surface area (TPSA) is 100 Å². The van der Waals surface area contributed by atoms with Crippen molar-refractivity contribution in [3.63, 3.8) is 0 Å². The first-order chi connectivity index (χ1) is 14.6. The van der Waals surface area contributed by atoms with E-state index >= 15 is 0 Å². The number of aliphatic hydroxyl groups is 3.